The molecule has 0 fully saturated rings. The molecule has 0 amide bonds. The lowest BCUT2D eigenvalue weighted by molar-refractivity contribution is 0.384. The molecule has 6 N–H and O–H groups in total. The third kappa shape index (κ3) is 2.35. The minimum absolute atomic E-state index is 0.824. The molecule has 0 aromatic heterocycles. The molecular weight excluding hydrogens is 250 g/mol. The molecule has 2 aromatic carbocycles. The quantitative estimate of drug-likeness (QED) is 0.308. The lowest BCUT2D eigenvalue weighted by atomic mass is 10.2. The Labute approximate surface area is 98.0 Å². The molecule has 9 heteroatoms. The molecule has 0 saturated carbocycles. The number of rotatable bonds is 0. The normalized spacial score (nSPS) is 9.22. The maximum absolute atomic E-state index is 9.95. The number of hydrogen-bond acceptors (Lipinski definition) is 9. The highest BCUT2D eigenvalue weighted by Gasteiger charge is 2.18. The van der Waals surface area contributed by atoms with Crippen LogP contribution in [0.4, 0.5) is 0 Å². The first-order chi connectivity index (χ1) is 8.29. The summed E-state index contributed by atoms with van der Waals surface area (Å²) < 4.78 is 0. The van der Waals surface area contributed by atoms with Gasteiger partial charge in [0, 0.05) is 0 Å². The maximum Gasteiger partial charge on any atom is 0.275 e. The van der Waals surface area contributed by atoms with Crippen LogP contribution in [-0.4, -0.2) is 27.5 Å². The Kier molecular flexibility index (Phi) is 4.76. The van der Waals surface area contributed by atoms with Gasteiger partial charge in [0.2, 0.25) is 23.0 Å². The minimum Gasteiger partial charge on any atom is -0.501 e. The van der Waals surface area contributed by atoms with Gasteiger partial charge in [-0.1, -0.05) is 0 Å². The van der Waals surface area contributed by atoms with Crippen LogP contribution in [-0.2, 0) is 0 Å². The Morgan fingerprint density at radius 2 is 0.667 bits per heavy atom. The van der Waals surface area contributed by atoms with E-state index in [9.17, 15) is 19.2 Å². The van der Waals surface area contributed by atoms with Crippen molar-refractivity contribution in [2.75, 3.05) is 7.05 Å². The smallest absolute Gasteiger partial charge is 0.275 e. The summed E-state index contributed by atoms with van der Waals surface area (Å²) in [5.74, 6) is -3.30. The van der Waals surface area contributed by atoms with Crippen molar-refractivity contribution in [3.8, 4) is 23.0 Å². The van der Waals surface area contributed by atoms with E-state index in [0.29, 0.717) is 0 Å². The Hall–Kier alpha value is -2.68. The first-order valence-corrected chi connectivity index (χ1v) is 4.29. The zero-order chi connectivity index (χ0) is 14.6. The van der Waals surface area contributed by atoms with E-state index in [0.717, 1.165) is 0 Å². The summed E-state index contributed by atoms with van der Waals surface area (Å²) in [6.45, 7) is 0. The number of hydrogen-bond donors (Lipinski definition) is 5. The summed E-state index contributed by atoms with van der Waals surface area (Å²) in [5.41, 5.74) is 0.454. The van der Waals surface area contributed by atoms with Gasteiger partial charge < -0.3 is 26.2 Å². The van der Waals surface area contributed by atoms with Gasteiger partial charge in [-0.25, -0.2) is 0 Å². The third-order valence-corrected chi connectivity index (χ3v) is 1.72. The van der Waals surface area contributed by atoms with Crippen LogP contribution >= 0.6 is 0 Å². The van der Waals surface area contributed by atoms with Crippen molar-refractivity contribution >= 4 is 0 Å². The zero-order valence-corrected chi connectivity index (χ0v) is 9.00. The second kappa shape index (κ2) is 5.59. The highest BCUT2D eigenvalue weighted by Crippen LogP contribution is 2.14. The van der Waals surface area contributed by atoms with Crippen LogP contribution in [0.1, 0.15) is 0 Å². The van der Waals surface area contributed by atoms with Crippen LogP contribution in [0.2, 0.25) is 0 Å². The molecule has 9 nitrogen and oxygen atoms in total. The van der Waals surface area contributed by atoms with E-state index >= 15 is 0 Å². The highest BCUT2D eigenvalue weighted by atomic mass is 16.3. The topological polar surface area (TPSA) is 175 Å². The van der Waals surface area contributed by atoms with Crippen molar-refractivity contribution in [1.29, 1.82) is 0 Å². The lowest BCUT2D eigenvalue weighted by Gasteiger charge is -1.92. The summed E-state index contributed by atoms with van der Waals surface area (Å²) >= 11 is 0. The standard InChI is InChI=1S/2C4H2O4.CH5N/c2*5-1-2(6)4(8)3(1)7;1-2/h2*5-6H;2H2,1H3. The molecule has 98 valence electrons. The molecule has 0 aliphatic carbocycles. The largest absolute Gasteiger partial charge is 0.501 e. The van der Waals surface area contributed by atoms with Gasteiger partial charge in [-0.05, 0) is 7.05 Å². The van der Waals surface area contributed by atoms with Crippen LogP contribution in [0.25, 0.3) is 0 Å². The second-order valence-electron chi connectivity index (χ2n) is 2.71. The Bertz CT molecular complexity index is 564. The molecule has 0 unspecified atom stereocenters. The van der Waals surface area contributed by atoms with E-state index in [2.05, 4.69) is 5.73 Å². The van der Waals surface area contributed by atoms with Gasteiger partial charge in [0.05, 0.1) is 0 Å². The van der Waals surface area contributed by atoms with Crippen molar-refractivity contribution < 1.29 is 20.4 Å². The van der Waals surface area contributed by atoms with Crippen LogP contribution in [0, 0.1) is 0 Å². The van der Waals surface area contributed by atoms with Crippen LogP contribution < -0.4 is 27.4 Å². The average Bonchev–Trinajstić information content (AvgIpc) is 2.45. The van der Waals surface area contributed by atoms with Gasteiger partial charge in [0.15, 0.2) is 0 Å². The van der Waals surface area contributed by atoms with Gasteiger partial charge >= 0.3 is 0 Å². The van der Waals surface area contributed by atoms with Crippen molar-refractivity contribution in [1.82, 2.24) is 0 Å². The Morgan fingerprint density at radius 3 is 0.722 bits per heavy atom. The van der Waals surface area contributed by atoms with E-state index in [1.165, 1.54) is 7.05 Å². The fraction of sp³-hybridized carbons (Fsp3) is 0.111. The van der Waals surface area contributed by atoms with Gasteiger partial charge in [-0.15, -0.1) is 0 Å². The fourth-order valence-corrected chi connectivity index (χ4v) is 0.735. The van der Waals surface area contributed by atoms with Gasteiger partial charge in [0.1, 0.15) is 0 Å². The SMILES string of the molecule is CN.O=c1c(O)c(O)c1=O.O=c1c(O)c(O)c1=O. The van der Waals surface area contributed by atoms with E-state index < -0.39 is 44.7 Å². The summed E-state index contributed by atoms with van der Waals surface area (Å²) in [7, 11) is 1.50. The van der Waals surface area contributed by atoms with Gasteiger partial charge in [-0.2, -0.15) is 0 Å². The first kappa shape index (κ1) is 15.3. The highest BCUT2D eigenvalue weighted by molar-refractivity contribution is 5.43. The molecule has 2 rings (SSSR count). The summed E-state index contributed by atoms with van der Waals surface area (Å²) in [4.78, 5) is 39.8. The first-order valence-electron chi connectivity index (χ1n) is 4.29. The van der Waals surface area contributed by atoms with Crippen LogP contribution in [0.15, 0.2) is 19.2 Å². The molecule has 0 bridgehead atoms. The average molecular weight is 259 g/mol. The molecule has 0 atom stereocenters. The molecule has 0 saturated heterocycles. The summed E-state index contributed by atoms with van der Waals surface area (Å²) in [5, 5.41) is 32.9. The summed E-state index contributed by atoms with van der Waals surface area (Å²) in [6, 6.07) is 0. The third-order valence-electron chi connectivity index (χ3n) is 1.72. The fourth-order valence-electron chi connectivity index (χ4n) is 0.735. The molecular formula is C9H9NO8. The van der Waals surface area contributed by atoms with E-state index in [-0.39, 0.29) is 0 Å². The van der Waals surface area contributed by atoms with Gasteiger partial charge in [0.25, 0.3) is 21.7 Å². The molecule has 0 aliphatic rings. The maximum atomic E-state index is 9.95. The molecule has 0 aliphatic heterocycles. The monoisotopic (exact) mass is 259 g/mol. The van der Waals surface area contributed by atoms with Crippen molar-refractivity contribution in [2.45, 2.75) is 0 Å². The summed E-state index contributed by atoms with van der Waals surface area (Å²) in [6.07, 6.45) is 0. The minimum atomic E-state index is -1.01. The molecule has 18 heavy (non-hydrogen) atoms. The predicted octanol–water partition coefficient (Wildman–Crippen LogP) is -3.04. The second-order valence-corrected chi connectivity index (χ2v) is 2.71. The molecule has 0 radical (unpaired) electrons. The van der Waals surface area contributed by atoms with Gasteiger partial charge in [-0.3, -0.25) is 19.2 Å². The van der Waals surface area contributed by atoms with Crippen molar-refractivity contribution in [3.05, 3.63) is 40.9 Å². The van der Waals surface area contributed by atoms with E-state index in [4.69, 9.17) is 20.4 Å². The van der Waals surface area contributed by atoms with Crippen LogP contribution in [0.5, 0.6) is 23.0 Å². The Balaban J connectivity index is 0.000000283. The molecule has 0 spiro atoms. The number of aromatic hydroxyl groups is 4. The number of nitrogens with two attached hydrogens (primary N) is 1. The van der Waals surface area contributed by atoms with E-state index in [1.807, 2.05) is 0 Å². The molecule has 0 heterocycles. The van der Waals surface area contributed by atoms with Crippen LogP contribution in [0.3, 0.4) is 0 Å². The zero-order valence-electron chi connectivity index (χ0n) is 9.00. The lowest BCUT2D eigenvalue weighted by Crippen LogP contribution is -2.28. The van der Waals surface area contributed by atoms with E-state index in [1.54, 1.807) is 0 Å². The predicted molar refractivity (Wildman–Crippen MR) is 59.5 cm³/mol. The molecule has 2 aromatic rings. The van der Waals surface area contributed by atoms with Crippen molar-refractivity contribution in [3.63, 3.8) is 0 Å². The van der Waals surface area contributed by atoms with Crippen molar-refractivity contribution in [2.24, 2.45) is 5.73 Å². The Morgan fingerprint density at radius 1 is 0.556 bits per heavy atom.